The Kier molecular flexibility index (Phi) is 43.1. The molecule has 1 aromatic rings. The Morgan fingerprint density at radius 2 is 0.475 bits per heavy atom. The highest BCUT2D eigenvalue weighted by Crippen LogP contribution is 2.23. The van der Waals surface area contributed by atoms with E-state index in [1.807, 2.05) is 0 Å². The number of hydrogen-bond donors (Lipinski definition) is 0. The molecule has 0 radical (unpaired) electrons. The Morgan fingerprint density at radius 1 is 0.271 bits per heavy atom. The van der Waals surface area contributed by atoms with Gasteiger partial charge in [0.2, 0.25) is 0 Å². The number of benzene rings is 1. The van der Waals surface area contributed by atoms with Crippen molar-refractivity contribution in [1.82, 2.24) is 0 Å². The summed E-state index contributed by atoms with van der Waals surface area (Å²) >= 11 is 0. The van der Waals surface area contributed by atoms with Gasteiger partial charge < -0.3 is 4.48 Å². The van der Waals surface area contributed by atoms with E-state index in [2.05, 4.69) is 68.3 Å². The van der Waals surface area contributed by atoms with E-state index in [0.717, 1.165) is 0 Å². The summed E-state index contributed by atoms with van der Waals surface area (Å²) in [6, 6.07) is 11.6. The first kappa shape index (κ1) is 55.4. The third-order valence-electron chi connectivity index (χ3n) is 13.5. The van der Waals surface area contributed by atoms with Crippen LogP contribution in [-0.4, -0.2) is 24.1 Å². The number of unbranched alkanes of at least 4 members (excludes halogenated alkanes) is 39. The van der Waals surface area contributed by atoms with Crippen LogP contribution in [0.2, 0.25) is 0 Å². The zero-order valence-electron chi connectivity index (χ0n) is 40.2. The molecule has 1 nitrogen and oxygen atoms in total. The second-order valence-electron chi connectivity index (χ2n) is 19.2. The average molecular weight is 817 g/mol. The monoisotopic (exact) mass is 817 g/mol. The summed E-state index contributed by atoms with van der Waals surface area (Å²) in [5.74, 6) is 0. The van der Waals surface area contributed by atoms with Crippen LogP contribution in [0, 0.1) is 0 Å². The van der Waals surface area contributed by atoms with E-state index in [1.165, 1.54) is 300 Å². The van der Waals surface area contributed by atoms with Gasteiger partial charge in [0.15, 0.2) is 0 Å². The smallest absolute Gasteiger partial charge is 0.104 e. The van der Waals surface area contributed by atoms with Gasteiger partial charge in [-0.15, -0.1) is 19.7 Å². The summed E-state index contributed by atoms with van der Waals surface area (Å²) in [6.07, 6.45) is 65.7. The van der Waals surface area contributed by atoms with Gasteiger partial charge in [-0.2, -0.15) is 0 Å². The molecule has 1 heteroatoms. The lowest BCUT2D eigenvalue weighted by Gasteiger charge is -2.39. The molecule has 0 aliphatic rings. The molecule has 0 saturated heterocycles. The fourth-order valence-electron chi connectivity index (χ4n) is 9.58. The SMILES string of the molecule is C=CCCCCCCCCCCCCCCC[N+](CCCCCCCCCCCCCCCC=C)(CCCCCCCCCCCCCCCC=C)Cc1ccccc1. The van der Waals surface area contributed by atoms with Crippen LogP contribution >= 0.6 is 0 Å². The van der Waals surface area contributed by atoms with E-state index in [-0.39, 0.29) is 0 Å². The Bertz CT molecular complexity index is 885. The van der Waals surface area contributed by atoms with E-state index >= 15 is 0 Å². The van der Waals surface area contributed by atoms with Crippen LogP contribution in [0.4, 0.5) is 0 Å². The molecule has 0 spiro atoms. The van der Waals surface area contributed by atoms with Crippen LogP contribution < -0.4 is 0 Å². The molecule has 0 aliphatic heterocycles. The molecule has 0 amide bonds. The summed E-state index contributed by atoms with van der Waals surface area (Å²) in [4.78, 5) is 0. The van der Waals surface area contributed by atoms with Gasteiger partial charge >= 0.3 is 0 Å². The second-order valence-corrected chi connectivity index (χ2v) is 19.2. The minimum absolute atomic E-state index is 1.20. The van der Waals surface area contributed by atoms with Gasteiger partial charge in [0.05, 0.1) is 19.6 Å². The molecule has 1 rings (SSSR count). The zero-order chi connectivity index (χ0) is 42.3. The van der Waals surface area contributed by atoms with Gasteiger partial charge in [-0.1, -0.05) is 241 Å². The van der Waals surface area contributed by atoms with Crippen LogP contribution in [0.15, 0.2) is 68.3 Å². The lowest BCUT2D eigenvalue weighted by atomic mass is 10.0. The molecule has 0 aromatic heterocycles. The fraction of sp³-hybridized carbons (Fsp3) is 0.793. The first-order valence-corrected chi connectivity index (χ1v) is 27.0. The van der Waals surface area contributed by atoms with Crippen molar-refractivity contribution in [2.75, 3.05) is 19.6 Å². The van der Waals surface area contributed by atoms with E-state index in [9.17, 15) is 0 Å². The standard InChI is InChI=1S/C58H106N/c1-4-7-10-13-16-19-22-25-28-31-34-37-40-43-49-54-59(57-58-52-47-46-48-53-58,55-50-44-41-38-35-32-29-26-23-20-17-14-11-8-5-2)56-51-45-42-39-36-33-30-27-24-21-18-15-12-9-6-3/h4-6,46-48,52-53H,1-3,7-45,49-51,54-57H2/q+1. The number of hydrogen-bond acceptors (Lipinski definition) is 0. The molecule has 1 aromatic carbocycles. The lowest BCUT2D eigenvalue weighted by molar-refractivity contribution is -0.941. The van der Waals surface area contributed by atoms with E-state index in [4.69, 9.17) is 0 Å². The van der Waals surface area contributed by atoms with E-state index in [1.54, 1.807) is 5.56 Å². The largest absolute Gasteiger partial charge is 0.320 e. The van der Waals surface area contributed by atoms with Crippen LogP contribution in [0.1, 0.15) is 275 Å². The summed E-state index contributed by atoms with van der Waals surface area (Å²) < 4.78 is 1.35. The molecule has 0 fully saturated rings. The van der Waals surface area contributed by atoms with Crippen molar-refractivity contribution in [3.05, 3.63) is 73.9 Å². The number of quaternary nitrogens is 1. The molecular formula is C58H106N+. The molecule has 0 atom stereocenters. The first-order valence-electron chi connectivity index (χ1n) is 27.0. The fourth-order valence-corrected chi connectivity index (χ4v) is 9.58. The zero-order valence-corrected chi connectivity index (χ0v) is 40.2. The van der Waals surface area contributed by atoms with Crippen molar-refractivity contribution in [3.8, 4) is 0 Å². The molecule has 0 N–H and O–H groups in total. The van der Waals surface area contributed by atoms with Crippen LogP contribution in [0.5, 0.6) is 0 Å². The van der Waals surface area contributed by atoms with Crippen molar-refractivity contribution in [2.45, 2.75) is 276 Å². The summed E-state index contributed by atoms with van der Waals surface area (Å²) in [5, 5.41) is 0. The summed E-state index contributed by atoms with van der Waals surface area (Å²) in [6.45, 7) is 17.0. The van der Waals surface area contributed by atoms with E-state index < -0.39 is 0 Å². The average Bonchev–Trinajstić information content (AvgIpc) is 3.25. The quantitative estimate of drug-likeness (QED) is 0.0349. The lowest BCUT2D eigenvalue weighted by Crippen LogP contribution is -2.49. The highest BCUT2D eigenvalue weighted by molar-refractivity contribution is 5.13. The number of rotatable bonds is 50. The maximum atomic E-state index is 3.85. The van der Waals surface area contributed by atoms with Crippen LogP contribution in [0.3, 0.4) is 0 Å². The van der Waals surface area contributed by atoms with Gasteiger partial charge in [0, 0.05) is 5.56 Å². The van der Waals surface area contributed by atoms with Crippen molar-refractivity contribution >= 4 is 0 Å². The minimum atomic E-state index is 1.20. The van der Waals surface area contributed by atoms with Crippen molar-refractivity contribution in [2.24, 2.45) is 0 Å². The summed E-state index contributed by atoms with van der Waals surface area (Å²) in [7, 11) is 0. The molecule has 342 valence electrons. The minimum Gasteiger partial charge on any atom is -0.320 e. The van der Waals surface area contributed by atoms with Gasteiger partial charge in [0.1, 0.15) is 6.54 Å². The first-order chi connectivity index (χ1) is 29.3. The van der Waals surface area contributed by atoms with Gasteiger partial charge in [-0.25, -0.2) is 0 Å². The Labute approximate surface area is 372 Å². The van der Waals surface area contributed by atoms with E-state index in [0.29, 0.717) is 0 Å². The predicted octanol–water partition coefficient (Wildman–Crippen LogP) is 19.9. The highest BCUT2D eigenvalue weighted by Gasteiger charge is 2.26. The number of allylic oxidation sites excluding steroid dienone is 3. The molecule has 59 heavy (non-hydrogen) atoms. The predicted molar refractivity (Wildman–Crippen MR) is 270 cm³/mol. The molecule has 0 bridgehead atoms. The summed E-state index contributed by atoms with van der Waals surface area (Å²) in [5.41, 5.74) is 1.57. The van der Waals surface area contributed by atoms with Gasteiger partial charge in [-0.3, -0.25) is 0 Å². The Hall–Kier alpha value is -1.60. The highest BCUT2D eigenvalue weighted by atomic mass is 15.3. The maximum absolute atomic E-state index is 3.85. The maximum Gasteiger partial charge on any atom is 0.104 e. The third kappa shape index (κ3) is 39.0. The molecule has 0 heterocycles. The second kappa shape index (κ2) is 45.9. The van der Waals surface area contributed by atoms with Gasteiger partial charge in [-0.05, 0) is 77.0 Å². The molecule has 0 aliphatic carbocycles. The third-order valence-corrected chi connectivity index (χ3v) is 13.5. The Balaban J connectivity index is 2.47. The number of nitrogens with zero attached hydrogens (tertiary/aromatic N) is 1. The molecule has 0 saturated carbocycles. The normalized spacial score (nSPS) is 11.7. The van der Waals surface area contributed by atoms with Crippen molar-refractivity contribution in [1.29, 1.82) is 0 Å². The van der Waals surface area contributed by atoms with Crippen LogP contribution in [0.25, 0.3) is 0 Å². The topological polar surface area (TPSA) is 0 Å². The molecule has 0 unspecified atom stereocenters. The molecular weight excluding hydrogens is 711 g/mol. The van der Waals surface area contributed by atoms with Crippen LogP contribution in [-0.2, 0) is 6.54 Å². The Morgan fingerprint density at radius 3 is 0.695 bits per heavy atom. The van der Waals surface area contributed by atoms with Gasteiger partial charge in [0.25, 0.3) is 0 Å². The van der Waals surface area contributed by atoms with Crippen molar-refractivity contribution < 1.29 is 4.48 Å². The van der Waals surface area contributed by atoms with Crippen molar-refractivity contribution in [3.63, 3.8) is 0 Å².